The molecule has 0 spiro atoms. The molecule has 0 amide bonds. The molecule has 25 heavy (non-hydrogen) atoms. The highest BCUT2D eigenvalue weighted by Crippen LogP contribution is 2.19. The minimum atomic E-state index is -3.46. The molecule has 0 atom stereocenters. The third-order valence-corrected chi connectivity index (χ3v) is 5.14. The van der Waals surface area contributed by atoms with Gasteiger partial charge in [-0.05, 0) is 41.9 Å². The minimum Gasteiger partial charge on any atom is -0.366 e. The average Bonchev–Trinajstić information content (AvgIpc) is 2.68. The summed E-state index contributed by atoms with van der Waals surface area (Å²) in [5.74, 6) is 0.617. The summed E-state index contributed by atoms with van der Waals surface area (Å²) in [5.41, 5.74) is 3.28. The number of nitrogens with zero attached hydrogens (tertiary/aromatic N) is 2. The second kappa shape index (κ2) is 7.42. The molecule has 2 aromatic heterocycles. The molecule has 0 fully saturated rings. The predicted molar refractivity (Wildman–Crippen MR) is 97.5 cm³/mol. The van der Waals surface area contributed by atoms with E-state index >= 15 is 0 Å². The number of sulfonamides is 1. The lowest BCUT2D eigenvalue weighted by Gasteiger charge is -2.08. The third-order valence-electron chi connectivity index (χ3n) is 3.74. The monoisotopic (exact) mass is 354 g/mol. The molecule has 2 heterocycles. The van der Waals surface area contributed by atoms with E-state index in [0.29, 0.717) is 12.4 Å². The van der Waals surface area contributed by atoms with Crippen LogP contribution in [0.1, 0.15) is 5.56 Å². The van der Waals surface area contributed by atoms with Crippen molar-refractivity contribution in [1.29, 1.82) is 0 Å². The Morgan fingerprint density at radius 1 is 0.960 bits per heavy atom. The molecule has 0 unspecified atom stereocenters. The number of hydrogen-bond acceptors (Lipinski definition) is 5. The fourth-order valence-electron chi connectivity index (χ4n) is 2.30. The first-order valence-corrected chi connectivity index (χ1v) is 9.19. The van der Waals surface area contributed by atoms with Crippen molar-refractivity contribution < 1.29 is 8.42 Å². The minimum absolute atomic E-state index is 0.140. The van der Waals surface area contributed by atoms with Crippen LogP contribution in [0.5, 0.6) is 0 Å². The second-order valence-corrected chi connectivity index (χ2v) is 7.27. The van der Waals surface area contributed by atoms with Crippen LogP contribution in [0, 0.1) is 0 Å². The van der Waals surface area contributed by atoms with Crippen LogP contribution in [0.25, 0.3) is 11.1 Å². The van der Waals surface area contributed by atoms with Gasteiger partial charge >= 0.3 is 0 Å². The van der Waals surface area contributed by atoms with Gasteiger partial charge in [-0.2, -0.15) is 0 Å². The van der Waals surface area contributed by atoms with Gasteiger partial charge in [-0.15, -0.1) is 0 Å². The number of rotatable bonds is 6. The summed E-state index contributed by atoms with van der Waals surface area (Å²) in [6.45, 7) is 0.596. The maximum absolute atomic E-state index is 11.7. The van der Waals surface area contributed by atoms with Crippen molar-refractivity contribution in [3.05, 3.63) is 72.7 Å². The summed E-state index contributed by atoms with van der Waals surface area (Å²) >= 11 is 0. The summed E-state index contributed by atoms with van der Waals surface area (Å²) in [4.78, 5) is 8.40. The molecule has 0 aliphatic heterocycles. The Morgan fingerprint density at radius 3 is 2.36 bits per heavy atom. The number of nitrogens with one attached hydrogen (secondary N) is 2. The number of benzene rings is 1. The van der Waals surface area contributed by atoms with Crippen molar-refractivity contribution in [2.75, 3.05) is 12.4 Å². The van der Waals surface area contributed by atoms with Crippen LogP contribution < -0.4 is 10.0 Å². The highest BCUT2D eigenvalue weighted by molar-refractivity contribution is 7.89. The van der Waals surface area contributed by atoms with Crippen molar-refractivity contribution in [2.45, 2.75) is 11.4 Å². The summed E-state index contributed by atoms with van der Waals surface area (Å²) in [6, 6.07) is 15.3. The highest BCUT2D eigenvalue weighted by atomic mass is 32.2. The van der Waals surface area contributed by atoms with Gasteiger partial charge in [0.2, 0.25) is 10.0 Å². The van der Waals surface area contributed by atoms with E-state index < -0.39 is 10.0 Å². The maximum atomic E-state index is 11.7. The number of anilines is 1. The van der Waals surface area contributed by atoms with Gasteiger partial charge in [-0.25, -0.2) is 18.1 Å². The Kier molecular flexibility index (Phi) is 5.06. The lowest BCUT2D eigenvalue weighted by Crippen LogP contribution is -2.18. The molecule has 0 saturated heterocycles. The molecule has 6 nitrogen and oxygen atoms in total. The van der Waals surface area contributed by atoms with Crippen LogP contribution in [-0.4, -0.2) is 25.4 Å². The zero-order chi connectivity index (χ0) is 17.7. The molecule has 0 aliphatic rings. The van der Waals surface area contributed by atoms with Gasteiger partial charge in [-0.3, -0.25) is 4.98 Å². The molecule has 0 aliphatic carbocycles. The van der Waals surface area contributed by atoms with Gasteiger partial charge < -0.3 is 5.32 Å². The van der Waals surface area contributed by atoms with E-state index in [-0.39, 0.29) is 4.90 Å². The van der Waals surface area contributed by atoms with Crippen molar-refractivity contribution in [2.24, 2.45) is 0 Å². The molecule has 1 aromatic carbocycles. The zero-order valence-corrected chi connectivity index (χ0v) is 14.5. The molecular formula is C18H18N4O2S. The summed E-state index contributed by atoms with van der Waals surface area (Å²) in [5, 5.41) is 3.18. The van der Waals surface area contributed by atoms with Crippen molar-refractivity contribution in [1.82, 2.24) is 14.7 Å². The molecule has 0 radical (unpaired) electrons. The standard InChI is InChI=1S/C18H18N4O2S/c1-19-25(23,24)17-8-9-18(22-13-17)21-11-14-4-6-15(7-5-14)16-3-2-10-20-12-16/h2-10,12-13,19H,11H2,1H3,(H,21,22). The Hall–Kier alpha value is -2.77. The normalized spacial score (nSPS) is 11.2. The molecule has 3 rings (SSSR count). The lowest BCUT2D eigenvalue weighted by atomic mass is 10.1. The van der Waals surface area contributed by atoms with Gasteiger partial charge in [0.25, 0.3) is 0 Å². The van der Waals surface area contributed by atoms with Crippen LogP contribution in [0.2, 0.25) is 0 Å². The van der Waals surface area contributed by atoms with E-state index in [1.807, 2.05) is 42.6 Å². The number of pyridine rings is 2. The van der Waals surface area contributed by atoms with Gasteiger partial charge in [0.15, 0.2) is 0 Å². The summed E-state index contributed by atoms with van der Waals surface area (Å²) in [7, 11) is -2.09. The Bertz CT molecular complexity index is 925. The SMILES string of the molecule is CNS(=O)(=O)c1ccc(NCc2ccc(-c3cccnc3)cc2)nc1. The second-order valence-electron chi connectivity index (χ2n) is 5.38. The summed E-state index contributed by atoms with van der Waals surface area (Å²) in [6.07, 6.45) is 4.92. The number of aromatic nitrogens is 2. The van der Waals surface area contributed by atoms with Crippen LogP contribution in [0.15, 0.2) is 72.0 Å². The van der Waals surface area contributed by atoms with E-state index in [0.717, 1.165) is 16.7 Å². The first kappa shape index (κ1) is 17.1. The quantitative estimate of drug-likeness (QED) is 0.711. The lowest BCUT2D eigenvalue weighted by molar-refractivity contribution is 0.588. The third kappa shape index (κ3) is 4.20. The van der Waals surface area contributed by atoms with E-state index in [9.17, 15) is 8.42 Å². The van der Waals surface area contributed by atoms with Gasteiger partial charge in [-0.1, -0.05) is 30.3 Å². The van der Waals surface area contributed by atoms with Crippen molar-refractivity contribution in [3.63, 3.8) is 0 Å². The maximum Gasteiger partial charge on any atom is 0.241 e. The zero-order valence-electron chi connectivity index (χ0n) is 13.7. The van der Waals surface area contributed by atoms with Crippen LogP contribution in [-0.2, 0) is 16.6 Å². The van der Waals surface area contributed by atoms with Crippen molar-refractivity contribution in [3.8, 4) is 11.1 Å². The Morgan fingerprint density at radius 2 is 1.76 bits per heavy atom. The van der Waals surface area contributed by atoms with Crippen LogP contribution in [0.3, 0.4) is 0 Å². The van der Waals surface area contributed by atoms with Crippen LogP contribution >= 0.6 is 0 Å². The molecule has 3 aromatic rings. The smallest absolute Gasteiger partial charge is 0.241 e. The Labute approximate surface area is 147 Å². The number of hydrogen-bond donors (Lipinski definition) is 2. The molecular weight excluding hydrogens is 336 g/mol. The molecule has 7 heteroatoms. The van der Waals surface area contributed by atoms with Crippen molar-refractivity contribution >= 4 is 15.8 Å². The summed E-state index contributed by atoms with van der Waals surface area (Å²) < 4.78 is 25.6. The van der Waals surface area contributed by atoms with Gasteiger partial charge in [0, 0.05) is 25.1 Å². The molecule has 0 saturated carbocycles. The Balaban J connectivity index is 1.64. The first-order chi connectivity index (χ1) is 12.1. The van der Waals surface area contributed by atoms with Gasteiger partial charge in [0.05, 0.1) is 0 Å². The predicted octanol–water partition coefficient (Wildman–Crippen LogP) is 2.66. The van der Waals surface area contributed by atoms with E-state index in [1.54, 1.807) is 12.3 Å². The van der Waals surface area contributed by atoms with E-state index in [1.165, 1.54) is 19.3 Å². The fraction of sp³-hybridized carbons (Fsp3) is 0.111. The fourth-order valence-corrected chi connectivity index (χ4v) is 2.98. The van der Waals surface area contributed by atoms with E-state index in [2.05, 4.69) is 20.0 Å². The molecule has 2 N–H and O–H groups in total. The topological polar surface area (TPSA) is 84.0 Å². The molecule has 128 valence electrons. The van der Waals surface area contributed by atoms with Gasteiger partial charge in [0.1, 0.15) is 10.7 Å². The average molecular weight is 354 g/mol. The largest absolute Gasteiger partial charge is 0.366 e. The highest BCUT2D eigenvalue weighted by Gasteiger charge is 2.11. The first-order valence-electron chi connectivity index (χ1n) is 7.71. The van der Waals surface area contributed by atoms with Crippen LogP contribution in [0.4, 0.5) is 5.82 Å². The van der Waals surface area contributed by atoms with E-state index in [4.69, 9.17) is 0 Å². The molecule has 0 bridgehead atoms.